The molecular formula is C23H25N5O3. The van der Waals surface area contributed by atoms with E-state index in [1.54, 1.807) is 34.1 Å². The number of urea groups is 1. The standard InChI is InChI=1S/C23H25N5O3/c1-26-21(30)23(28(22(26)31)15-16-5-3-2-4-6-16)11-13-27(14-12-23)20(29)18-9-7-17(8-10-18)19(24)25/h2-10H,11-15H2,1H3,(H3,24,25). The minimum Gasteiger partial charge on any atom is -0.384 e. The van der Waals surface area contributed by atoms with E-state index in [2.05, 4.69) is 0 Å². The zero-order chi connectivity index (χ0) is 22.2. The number of amidine groups is 1. The fraction of sp³-hybridized carbons (Fsp3) is 0.304. The molecule has 3 N–H and O–H groups in total. The lowest BCUT2D eigenvalue weighted by molar-refractivity contribution is -0.134. The first-order valence-corrected chi connectivity index (χ1v) is 10.2. The molecule has 2 fully saturated rings. The number of carbonyl (C=O) groups excluding carboxylic acids is 3. The first kappa shape index (κ1) is 20.6. The average molecular weight is 419 g/mol. The number of rotatable bonds is 4. The molecule has 8 nitrogen and oxygen atoms in total. The highest BCUT2D eigenvalue weighted by atomic mass is 16.2. The highest BCUT2D eigenvalue weighted by molar-refractivity contribution is 6.07. The Bertz CT molecular complexity index is 1030. The van der Waals surface area contributed by atoms with Gasteiger partial charge in [-0.3, -0.25) is 19.9 Å². The molecule has 4 amide bonds. The Hall–Kier alpha value is -3.68. The van der Waals surface area contributed by atoms with Crippen molar-refractivity contribution >= 4 is 23.7 Å². The van der Waals surface area contributed by atoms with Gasteiger partial charge in [0, 0.05) is 37.8 Å². The third-order valence-electron chi connectivity index (χ3n) is 6.24. The van der Waals surface area contributed by atoms with E-state index in [0.717, 1.165) is 5.56 Å². The van der Waals surface area contributed by atoms with Crippen LogP contribution in [0, 0.1) is 5.41 Å². The highest BCUT2D eigenvalue weighted by Crippen LogP contribution is 2.38. The van der Waals surface area contributed by atoms with Crippen molar-refractivity contribution in [2.24, 2.45) is 5.73 Å². The van der Waals surface area contributed by atoms with Crippen LogP contribution in [0.4, 0.5) is 4.79 Å². The molecule has 0 aliphatic carbocycles. The van der Waals surface area contributed by atoms with Crippen molar-refractivity contribution in [2.75, 3.05) is 20.1 Å². The Labute approximate surface area is 180 Å². The van der Waals surface area contributed by atoms with Gasteiger partial charge < -0.3 is 15.5 Å². The Morgan fingerprint density at radius 2 is 1.58 bits per heavy atom. The molecule has 4 rings (SSSR count). The van der Waals surface area contributed by atoms with E-state index in [0.29, 0.717) is 43.6 Å². The van der Waals surface area contributed by atoms with E-state index in [1.165, 1.54) is 11.9 Å². The van der Waals surface area contributed by atoms with E-state index in [9.17, 15) is 14.4 Å². The van der Waals surface area contributed by atoms with Crippen LogP contribution in [0.5, 0.6) is 0 Å². The van der Waals surface area contributed by atoms with Gasteiger partial charge in [-0.15, -0.1) is 0 Å². The minimum atomic E-state index is -0.920. The fourth-order valence-corrected chi connectivity index (χ4v) is 4.40. The smallest absolute Gasteiger partial charge is 0.327 e. The number of likely N-dealkylation sites (N-methyl/N-ethyl adjacent to an activating group) is 1. The Morgan fingerprint density at radius 3 is 2.16 bits per heavy atom. The maximum atomic E-state index is 13.1. The van der Waals surface area contributed by atoms with Gasteiger partial charge in [0.15, 0.2) is 0 Å². The molecule has 2 heterocycles. The number of piperidine rings is 1. The quantitative estimate of drug-likeness (QED) is 0.449. The molecular weight excluding hydrogens is 394 g/mol. The van der Waals surface area contributed by atoms with Gasteiger partial charge in [-0.2, -0.15) is 0 Å². The van der Waals surface area contributed by atoms with Gasteiger partial charge in [0.25, 0.3) is 11.8 Å². The molecule has 0 bridgehead atoms. The number of hydrogen-bond acceptors (Lipinski definition) is 4. The number of carbonyl (C=O) groups is 3. The van der Waals surface area contributed by atoms with E-state index in [1.807, 2.05) is 30.3 Å². The van der Waals surface area contributed by atoms with Crippen molar-refractivity contribution in [3.63, 3.8) is 0 Å². The summed E-state index contributed by atoms with van der Waals surface area (Å²) in [6, 6.07) is 15.9. The SMILES string of the molecule is CN1C(=O)N(Cc2ccccc2)C2(CCN(C(=O)c3ccc(C(=N)N)cc3)CC2)C1=O. The summed E-state index contributed by atoms with van der Waals surface area (Å²) in [4.78, 5) is 43.4. The first-order valence-electron chi connectivity index (χ1n) is 10.2. The van der Waals surface area contributed by atoms with Crippen molar-refractivity contribution in [1.82, 2.24) is 14.7 Å². The van der Waals surface area contributed by atoms with Crippen LogP contribution in [0.25, 0.3) is 0 Å². The van der Waals surface area contributed by atoms with Crippen molar-refractivity contribution < 1.29 is 14.4 Å². The van der Waals surface area contributed by atoms with E-state index >= 15 is 0 Å². The lowest BCUT2D eigenvalue weighted by atomic mass is 9.85. The Balaban J connectivity index is 1.51. The number of nitrogens with one attached hydrogen (secondary N) is 1. The lowest BCUT2D eigenvalue weighted by Crippen LogP contribution is -2.57. The summed E-state index contributed by atoms with van der Waals surface area (Å²) in [6.07, 6.45) is 0.790. The fourth-order valence-electron chi connectivity index (χ4n) is 4.40. The summed E-state index contributed by atoms with van der Waals surface area (Å²) in [5, 5.41) is 7.47. The number of amides is 4. The molecule has 2 aliphatic heterocycles. The first-order chi connectivity index (χ1) is 14.8. The molecule has 8 heteroatoms. The van der Waals surface area contributed by atoms with Crippen molar-refractivity contribution in [3.05, 3.63) is 71.3 Å². The molecule has 0 saturated carbocycles. The molecule has 160 valence electrons. The third-order valence-corrected chi connectivity index (χ3v) is 6.24. The highest BCUT2D eigenvalue weighted by Gasteiger charge is 2.57. The van der Waals surface area contributed by atoms with E-state index in [-0.39, 0.29) is 23.7 Å². The molecule has 2 aromatic carbocycles. The molecule has 0 unspecified atom stereocenters. The second-order valence-electron chi connectivity index (χ2n) is 8.03. The second-order valence-corrected chi connectivity index (χ2v) is 8.03. The molecule has 0 atom stereocenters. The van der Waals surface area contributed by atoms with E-state index in [4.69, 9.17) is 11.1 Å². The molecule has 0 radical (unpaired) electrons. The summed E-state index contributed by atoms with van der Waals surface area (Å²) < 4.78 is 0. The van der Waals surface area contributed by atoms with Gasteiger partial charge >= 0.3 is 6.03 Å². The number of nitrogen functional groups attached to an aromatic ring is 1. The van der Waals surface area contributed by atoms with Crippen LogP contribution in [0.1, 0.15) is 34.3 Å². The Morgan fingerprint density at radius 1 is 1.00 bits per heavy atom. The monoisotopic (exact) mass is 419 g/mol. The number of benzene rings is 2. The van der Waals surface area contributed by atoms with Crippen LogP contribution < -0.4 is 5.73 Å². The number of nitrogens with two attached hydrogens (primary N) is 1. The zero-order valence-corrected chi connectivity index (χ0v) is 17.4. The number of nitrogens with zero attached hydrogens (tertiary/aromatic N) is 3. The average Bonchev–Trinajstić information content (AvgIpc) is 2.96. The summed E-state index contributed by atoms with van der Waals surface area (Å²) in [7, 11) is 1.52. The topological polar surface area (TPSA) is 111 Å². The van der Waals surface area contributed by atoms with E-state index < -0.39 is 5.54 Å². The van der Waals surface area contributed by atoms with Gasteiger partial charge in [-0.25, -0.2) is 4.79 Å². The van der Waals surface area contributed by atoms with Crippen molar-refractivity contribution in [1.29, 1.82) is 5.41 Å². The second kappa shape index (κ2) is 7.86. The number of imide groups is 1. The maximum absolute atomic E-state index is 13.1. The molecule has 1 spiro atoms. The Kier molecular flexibility index (Phi) is 5.22. The van der Waals surface area contributed by atoms with Gasteiger partial charge in [0.1, 0.15) is 11.4 Å². The zero-order valence-electron chi connectivity index (χ0n) is 17.4. The summed E-state index contributed by atoms with van der Waals surface area (Å²) in [5.74, 6) is -0.387. The predicted octanol–water partition coefficient (Wildman–Crippen LogP) is 2.04. The van der Waals surface area contributed by atoms with Crippen LogP contribution in [-0.2, 0) is 11.3 Å². The summed E-state index contributed by atoms with van der Waals surface area (Å²) >= 11 is 0. The van der Waals surface area contributed by atoms with Crippen LogP contribution >= 0.6 is 0 Å². The molecule has 0 aromatic heterocycles. The summed E-state index contributed by atoms with van der Waals surface area (Å²) in [5.41, 5.74) is 6.58. The molecule has 2 aliphatic rings. The van der Waals surface area contributed by atoms with Crippen LogP contribution in [-0.4, -0.2) is 64.1 Å². The summed E-state index contributed by atoms with van der Waals surface area (Å²) in [6.45, 7) is 1.12. The van der Waals surface area contributed by atoms with Gasteiger partial charge in [0.2, 0.25) is 0 Å². The van der Waals surface area contributed by atoms with Crippen LogP contribution in [0.3, 0.4) is 0 Å². The van der Waals surface area contributed by atoms with Gasteiger partial charge in [-0.05, 0) is 30.5 Å². The molecule has 2 aromatic rings. The predicted molar refractivity (Wildman–Crippen MR) is 115 cm³/mol. The van der Waals surface area contributed by atoms with Crippen molar-refractivity contribution in [3.8, 4) is 0 Å². The normalized spacial score (nSPS) is 18.0. The minimum absolute atomic E-state index is 0.0500. The van der Waals surface area contributed by atoms with Crippen LogP contribution in [0.15, 0.2) is 54.6 Å². The maximum Gasteiger partial charge on any atom is 0.327 e. The number of hydrogen-bond donors (Lipinski definition) is 2. The number of likely N-dealkylation sites (tertiary alicyclic amines) is 1. The van der Waals surface area contributed by atoms with Gasteiger partial charge in [0.05, 0.1) is 0 Å². The molecule has 31 heavy (non-hydrogen) atoms. The van der Waals surface area contributed by atoms with Crippen LogP contribution in [0.2, 0.25) is 0 Å². The largest absolute Gasteiger partial charge is 0.384 e. The lowest BCUT2D eigenvalue weighted by Gasteiger charge is -2.42. The molecule has 2 saturated heterocycles. The van der Waals surface area contributed by atoms with Crippen molar-refractivity contribution in [2.45, 2.75) is 24.9 Å². The third kappa shape index (κ3) is 3.54. The van der Waals surface area contributed by atoms with Gasteiger partial charge in [-0.1, -0.05) is 42.5 Å².